The Morgan fingerprint density at radius 1 is 1.28 bits per heavy atom. The van der Waals surface area contributed by atoms with E-state index in [0.717, 1.165) is 56.0 Å². The number of nitrogens with zero attached hydrogens (tertiary/aromatic N) is 2. The van der Waals surface area contributed by atoms with Crippen LogP contribution in [0.5, 0.6) is 0 Å². The van der Waals surface area contributed by atoms with Crippen LogP contribution in [0.3, 0.4) is 0 Å². The van der Waals surface area contributed by atoms with Crippen LogP contribution in [0.15, 0.2) is 42.5 Å². The van der Waals surface area contributed by atoms with E-state index < -0.39 is 0 Å². The number of carbonyl (C=O) groups excluding carboxylic acids is 1. The average Bonchev–Trinajstić information content (AvgIpc) is 2.65. The van der Waals surface area contributed by atoms with Crippen LogP contribution in [0.4, 0.5) is 5.69 Å². The smallest absolute Gasteiger partial charge is 0.246 e. The molecule has 2 heterocycles. The Balaban J connectivity index is 1.69. The molecule has 5 nitrogen and oxygen atoms in total. The third-order valence-electron chi connectivity index (χ3n) is 4.94. The molecule has 2 atom stereocenters. The largest absolute Gasteiger partial charge is 0.628 e. The normalized spacial score (nSPS) is 23.6. The molecule has 0 saturated carbocycles. The molecule has 134 valence electrons. The van der Waals surface area contributed by atoms with Gasteiger partial charge in [0, 0.05) is 32.2 Å². The number of benzene rings is 1. The highest BCUT2D eigenvalue weighted by Crippen LogP contribution is 2.28. The van der Waals surface area contributed by atoms with Gasteiger partial charge < -0.3 is 20.1 Å². The number of hydrogen-bond acceptors (Lipinski definition) is 3. The van der Waals surface area contributed by atoms with E-state index in [0.29, 0.717) is 0 Å². The fourth-order valence-electron chi connectivity index (χ4n) is 3.47. The van der Waals surface area contributed by atoms with Crippen LogP contribution in [0, 0.1) is 5.21 Å². The summed E-state index contributed by atoms with van der Waals surface area (Å²) < 4.78 is 0. The first-order valence-electron chi connectivity index (χ1n) is 9.17. The van der Waals surface area contributed by atoms with Crippen molar-refractivity contribution in [2.24, 2.45) is 0 Å². The SMILES string of the molecule is CCC/C=C/C(=O)N1CCN(C2=CC(C)[NH+]([O-])c3ccccc32)CC1. The van der Waals surface area contributed by atoms with Crippen LogP contribution in [0.2, 0.25) is 0 Å². The lowest BCUT2D eigenvalue weighted by molar-refractivity contribution is -0.796. The van der Waals surface area contributed by atoms with Gasteiger partial charge in [0.2, 0.25) is 5.91 Å². The number of fused-ring (bicyclic) bond motifs is 1. The number of allylic oxidation sites excluding steroid dienone is 1. The van der Waals surface area contributed by atoms with Crippen LogP contribution in [-0.4, -0.2) is 47.9 Å². The van der Waals surface area contributed by atoms with Gasteiger partial charge in [-0.1, -0.05) is 31.6 Å². The first-order chi connectivity index (χ1) is 12.1. The van der Waals surface area contributed by atoms with E-state index in [-0.39, 0.29) is 17.0 Å². The molecule has 5 heteroatoms. The predicted molar refractivity (Wildman–Crippen MR) is 100 cm³/mol. The zero-order valence-electron chi connectivity index (χ0n) is 15.1. The lowest BCUT2D eigenvalue weighted by Gasteiger charge is -2.41. The minimum absolute atomic E-state index is 0.0958. The third-order valence-corrected chi connectivity index (χ3v) is 4.94. The first kappa shape index (κ1) is 17.7. The van der Waals surface area contributed by atoms with Gasteiger partial charge in [-0.3, -0.25) is 4.79 Å². The highest BCUT2D eigenvalue weighted by Gasteiger charge is 2.29. The van der Waals surface area contributed by atoms with E-state index >= 15 is 0 Å². The van der Waals surface area contributed by atoms with E-state index in [1.165, 1.54) is 0 Å². The van der Waals surface area contributed by atoms with E-state index in [4.69, 9.17) is 0 Å². The molecule has 2 aliphatic rings. The van der Waals surface area contributed by atoms with Crippen LogP contribution >= 0.6 is 0 Å². The molecule has 3 rings (SSSR count). The third kappa shape index (κ3) is 3.78. The number of hydroxylamine groups is 1. The molecule has 0 spiro atoms. The standard InChI is InChI=1S/C20H27N3O2/c1-3-4-5-10-20(24)22-13-11-21(12-14-22)19-15-16(2)23(25)18-9-7-6-8-17(18)19/h5-10,15-16,23H,3-4,11-14H2,1-2H3/b10-5+. The Hall–Kier alpha value is -2.11. The van der Waals surface area contributed by atoms with Crippen molar-refractivity contribution < 1.29 is 9.86 Å². The van der Waals surface area contributed by atoms with Crippen molar-refractivity contribution in [1.82, 2.24) is 9.80 Å². The Bertz CT molecular complexity index is 675. The Morgan fingerprint density at radius 2 is 2.00 bits per heavy atom. The van der Waals surface area contributed by atoms with Gasteiger partial charge >= 0.3 is 0 Å². The van der Waals surface area contributed by atoms with Gasteiger partial charge in [0.15, 0.2) is 0 Å². The molecule has 1 aromatic rings. The summed E-state index contributed by atoms with van der Waals surface area (Å²) in [5, 5.41) is 12.6. The van der Waals surface area contributed by atoms with Gasteiger partial charge in [-0.05, 0) is 31.6 Å². The quantitative estimate of drug-likeness (QED) is 0.673. The van der Waals surface area contributed by atoms with Crippen molar-refractivity contribution in [2.45, 2.75) is 32.7 Å². The number of para-hydroxylation sites is 1. The summed E-state index contributed by atoms with van der Waals surface area (Å²) in [4.78, 5) is 16.4. The van der Waals surface area contributed by atoms with E-state index in [1.807, 2.05) is 42.2 Å². The summed E-state index contributed by atoms with van der Waals surface area (Å²) >= 11 is 0. The molecule has 0 aliphatic carbocycles. The molecule has 1 fully saturated rings. The van der Waals surface area contributed by atoms with Gasteiger partial charge in [0.05, 0.1) is 11.3 Å². The van der Waals surface area contributed by atoms with E-state index in [1.54, 1.807) is 6.08 Å². The zero-order valence-corrected chi connectivity index (χ0v) is 15.1. The van der Waals surface area contributed by atoms with Crippen LogP contribution in [0.1, 0.15) is 32.3 Å². The van der Waals surface area contributed by atoms with Gasteiger partial charge in [-0.15, -0.1) is 0 Å². The number of unbranched alkanes of at least 4 members (excludes halogenated alkanes) is 1. The number of nitrogens with one attached hydrogen (secondary N) is 1. The summed E-state index contributed by atoms with van der Waals surface area (Å²) in [6, 6.07) is 7.75. The number of rotatable bonds is 4. The monoisotopic (exact) mass is 341 g/mol. The van der Waals surface area contributed by atoms with E-state index in [9.17, 15) is 10.0 Å². The molecule has 0 bridgehead atoms. The summed E-state index contributed by atoms with van der Waals surface area (Å²) in [5.41, 5.74) is 2.97. The molecule has 1 N–H and O–H groups in total. The molecule has 2 aliphatic heterocycles. The first-order valence-corrected chi connectivity index (χ1v) is 9.17. The number of amides is 1. The van der Waals surface area contributed by atoms with Gasteiger partial charge in [-0.25, -0.2) is 0 Å². The topological polar surface area (TPSA) is 51.1 Å². The Labute approximate surface area is 149 Å². The van der Waals surface area contributed by atoms with E-state index in [2.05, 4.69) is 17.9 Å². The molecule has 1 aromatic carbocycles. The van der Waals surface area contributed by atoms with Crippen LogP contribution < -0.4 is 5.06 Å². The van der Waals surface area contributed by atoms with Crippen molar-refractivity contribution in [3.8, 4) is 0 Å². The second-order valence-corrected chi connectivity index (χ2v) is 6.75. The summed E-state index contributed by atoms with van der Waals surface area (Å²) in [7, 11) is 0. The second kappa shape index (κ2) is 7.85. The fourth-order valence-corrected chi connectivity index (χ4v) is 3.47. The highest BCUT2D eigenvalue weighted by molar-refractivity contribution is 5.87. The van der Waals surface area contributed by atoms with Gasteiger partial charge in [-0.2, -0.15) is 0 Å². The molecule has 0 radical (unpaired) electrons. The summed E-state index contributed by atoms with van der Waals surface area (Å²) in [5.74, 6) is 0.106. The minimum Gasteiger partial charge on any atom is -0.628 e. The Morgan fingerprint density at radius 3 is 2.72 bits per heavy atom. The van der Waals surface area contributed by atoms with Crippen molar-refractivity contribution in [1.29, 1.82) is 0 Å². The van der Waals surface area contributed by atoms with Gasteiger partial charge in [0.1, 0.15) is 11.7 Å². The fraction of sp³-hybridized carbons (Fsp3) is 0.450. The van der Waals surface area contributed by atoms with Crippen LogP contribution in [-0.2, 0) is 4.79 Å². The van der Waals surface area contributed by atoms with Crippen molar-refractivity contribution >= 4 is 17.3 Å². The molecule has 1 saturated heterocycles. The Kier molecular flexibility index (Phi) is 5.56. The minimum atomic E-state index is -0.0958. The number of carbonyl (C=O) groups is 1. The molecular formula is C20H27N3O2. The number of hydrogen-bond donors (Lipinski definition) is 1. The molecule has 0 aromatic heterocycles. The maximum atomic E-state index is 12.4. The maximum Gasteiger partial charge on any atom is 0.246 e. The lowest BCUT2D eigenvalue weighted by atomic mass is 10.0. The maximum absolute atomic E-state index is 12.4. The predicted octanol–water partition coefficient (Wildman–Crippen LogP) is 1.94. The average molecular weight is 341 g/mol. The summed E-state index contributed by atoms with van der Waals surface area (Å²) in [6.45, 7) is 7.10. The number of quaternary nitrogens is 1. The summed E-state index contributed by atoms with van der Waals surface area (Å²) in [6.07, 6.45) is 7.74. The lowest BCUT2D eigenvalue weighted by Crippen LogP contribution is -3.06. The van der Waals surface area contributed by atoms with Crippen molar-refractivity contribution in [3.05, 3.63) is 53.3 Å². The second-order valence-electron chi connectivity index (χ2n) is 6.75. The van der Waals surface area contributed by atoms with Gasteiger partial charge in [0.25, 0.3) is 0 Å². The molecule has 25 heavy (non-hydrogen) atoms. The highest BCUT2D eigenvalue weighted by atomic mass is 16.5. The zero-order chi connectivity index (χ0) is 17.8. The molecule has 2 unspecified atom stereocenters. The van der Waals surface area contributed by atoms with Crippen molar-refractivity contribution in [2.75, 3.05) is 26.2 Å². The van der Waals surface area contributed by atoms with Crippen LogP contribution in [0.25, 0.3) is 5.70 Å². The molecular weight excluding hydrogens is 314 g/mol. The molecule has 1 amide bonds. The number of piperazine rings is 1. The van der Waals surface area contributed by atoms with Crippen molar-refractivity contribution in [3.63, 3.8) is 0 Å².